The van der Waals surface area contributed by atoms with Crippen LogP contribution in [0.15, 0.2) is 0 Å². The molecule has 0 aliphatic heterocycles. The minimum atomic E-state index is -1.45. The van der Waals surface area contributed by atoms with Crippen LogP contribution >= 0.6 is 0 Å². The highest BCUT2D eigenvalue weighted by atomic mass is 19.1. The molecule has 1 heterocycles. The predicted octanol–water partition coefficient (Wildman–Crippen LogP) is 1.90. The summed E-state index contributed by atoms with van der Waals surface area (Å²) in [4.78, 5) is 7.09. The summed E-state index contributed by atoms with van der Waals surface area (Å²) in [5.41, 5.74) is -1.17. The van der Waals surface area contributed by atoms with E-state index in [0.29, 0.717) is 30.1 Å². The fraction of sp³-hybridized carbons (Fsp3) is 0.700. The lowest BCUT2D eigenvalue weighted by molar-refractivity contribution is 0.141. The number of aromatic nitrogens is 2. The maximum absolute atomic E-state index is 13.6. The van der Waals surface area contributed by atoms with Gasteiger partial charge >= 0.3 is 0 Å². The average molecular weight is 198 g/mol. The molecule has 4 heteroatoms. The Labute approximate surface area is 82.4 Å². The molecule has 1 fully saturated rings. The molecule has 0 spiro atoms. The van der Waals surface area contributed by atoms with Gasteiger partial charge in [0, 0.05) is 5.69 Å². The Hall–Kier alpha value is -0.900. The molecule has 14 heavy (non-hydrogen) atoms. The summed E-state index contributed by atoms with van der Waals surface area (Å²) in [6.07, 6.45) is 1.43. The number of aromatic amines is 1. The molecule has 2 N–H and O–H groups in total. The number of aryl methyl sites for hydroxylation is 1. The number of H-pyrrole nitrogens is 1. The summed E-state index contributed by atoms with van der Waals surface area (Å²) in [6, 6.07) is 0. The minimum Gasteiger partial charge on any atom is -0.382 e. The third-order valence-electron chi connectivity index (χ3n) is 2.61. The Kier molecular flexibility index (Phi) is 1.77. The minimum absolute atomic E-state index is 0.396. The number of rotatable bonds is 2. The van der Waals surface area contributed by atoms with Gasteiger partial charge in [-0.15, -0.1) is 0 Å². The van der Waals surface area contributed by atoms with Crippen molar-refractivity contribution in [3.63, 3.8) is 0 Å². The van der Waals surface area contributed by atoms with Crippen molar-refractivity contribution in [1.29, 1.82) is 0 Å². The highest BCUT2D eigenvalue weighted by Crippen LogP contribution is 2.44. The van der Waals surface area contributed by atoms with E-state index >= 15 is 0 Å². The van der Waals surface area contributed by atoms with E-state index < -0.39 is 11.3 Å². The molecule has 0 radical (unpaired) electrons. The Balaban J connectivity index is 2.40. The Morgan fingerprint density at radius 1 is 1.50 bits per heavy atom. The zero-order valence-corrected chi connectivity index (χ0v) is 8.69. The van der Waals surface area contributed by atoms with Gasteiger partial charge in [-0.25, -0.2) is 9.37 Å². The maximum Gasteiger partial charge on any atom is 0.149 e. The van der Waals surface area contributed by atoms with Crippen molar-refractivity contribution in [1.82, 2.24) is 9.97 Å². The molecule has 1 aliphatic carbocycles. The Morgan fingerprint density at radius 2 is 2.07 bits per heavy atom. The smallest absolute Gasteiger partial charge is 0.149 e. The van der Waals surface area contributed by atoms with E-state index in [1.807, 2.05) is 0 Å². The number of nitrogens with zero attached hydrogens (tertiary/aromatic N) is 1. The van der Waals surface area contributed by atoms with Crippen molar-refractivity contribution in [3.8, 4) is 0 Å². The van der Waals surface area contributed by atoms with Crippen LogP contribution in [-0.4, -0.2) is 15.1 Å². The van der Waals surface area contributed by atoms with Crippen molar-refractivity contribution >= 4 is 0 Å². The highest BCUT2D eigenvalue weighted by Gasteiger charge is 2.46. The maximum atomic E-state index is 13.6. The fourth-order valence-electron chi connectivity index (χ4n) is 1.61. The third-order valence-corrected chi connectivity index (χ3v) is 2.61. The van der Waals surface area contributed by atoms with Crippen LogP contribution in [0.1, 0.15) is 43.9 Å². The van der Waals surface area contributed by atoms with Gasteiger partial charge in [-0.1, -0.05) is 0 Å². The van der Waals surface area contributed by atoms with Crippen LogP contribution < -0.4 is 0 Å². The first-order valence-corrected chi connectivity index (χ1v) is 4.82. The van der Waals surface area contributed by atoms with Crippen molar-refractivity contribution < 1.29 is 9.50 Å². The monoisotopic (exact) mass is 198 g/mol. The predicted molar refractivity (Wildman–Crippen MR) is 50.6 cm³/mol. The van der Waals surface area contributed by atoms with E-state index in [1.54, 1.807) is 6.92 Å². The van der Waals surface area contributed by atoms with Gasteiger partial charge in [0.2, 0.25) is 0 Å². The largest absolute Gasteiger partial charge is 0.382 e. The number of nitrogens with one attached hydrogen (secondary N) is 1. The van der Waals surface area contributed by atoms with Crippen molar-refractivity contribution in [2.45, 2.75) is 44.9 Å². The first kappa shape index (κ1) is 9.65. The number of hydrogen-bond acceptors (Lipinski definition) is 2. The zero-order chi connectivity index (χ0) is 10.6. The molecule has 2 rings (SSSR count). The summed E-state index contributed by atoms with van der Waals surface area (Å²) in [5, 5.41) is 9.79. The van der Waals surface area contributed by atoms with Gasteiger partial charge in [0.25, 0.3) is 0 Å². The van der Waals surface area contributed by atoms with E-state index in [0.717, 1.165) is 0 Å². The van der Waals surface area contributed by atoms with E-state index in [2.05, 4.69) is 9.97 Å². The van der Waals surface area contributed by atoms with Crippen molar-refractivity contribution in [3.05, 3.63) is 17.2 Å². The molecule has 1 aromatic heterocycles. The first-order valence-electron chi connectivity index (χ1n) is 4.82. The molecule has 0 aromatic carbocycles. The molecule has 0 amide bonds. The van der Waals surface area contributed by atoms with Gasteiger partial charge in [-0.05, 0) is 33.6 Å². The van der Waals surface area contributed by atoms with Gasteiger partial charge in [0.15, 0.2) is 0 Å². The third kappa shape index (κ3) is 1.43. The quantitative estimate of drug-likeness (QED) is 0.762. The standard InChI is InChI=1S/C10H15FN2O/c1-6-7(9(2,3)11)13-8(12-6)10(14)4-5-10/h14H,4-5H2,1-3H3,(H,12,13). The SMILES string of the molecule is Cc1[nH]c(C2(O)CC2)nc1C(C)(C)F. The van der Waals surface area contributed by atoms with Crippen LogP contribution in [0.5, 0.6) is 0 Å². The van der Waals surface area contributed by atoms with E-state index in [9.17, 15) is 9.50 Å². The van der Waals surface area contributed by atoms with Crippen molar-refractivity contribution in [2.24, 2.45) is 0 Å². The molecule has 1 saturated carbocycles. The molecule has 0 saturated heterocycles. The Bertz CT molecular complexity index is 361. The summed E-state index contributed by atoms with van der Waals surface area (Å²) in [7, 11) is 0. The summed E-state index contributed by atoms with van der Waals surface area (Å²) >= 11 is 0. The summed E-state index contributed by atoms with van der Waals surface area (Å²) in [6.45, 7) is 4.71. The molecular weight excluding hydrogens is 183 g/mol. The zero-order valence-electron chi connectivity index (χ0n) is 8.69. The molecule has 0 atom stereocenters. The summed E-state index contributed by atoms with van der Waals surface area (Å²) < 4.78 is 13.6. The highest BCUT2D eigenvalue weighted by molar-refractivity contribution is 5.24. The summed E-state index contributed by atoms with van der Waals surface area (Å²) in [5.74, 6) is 0.510. The van der Waals surface area contributed by atoms with Gasteiger partial charge in [-0.2, -0.15) is 0 Å². The van der Waals surface area contributed by atoms with E-state index in [1.165, 1.54) is 13.8 Å². The van der Waals surface area contributed by atoms with Crippen LogP contribution in [0.25, 0.3) is 0 Å². The average Bonchev–Trinajstić information content (AvgIpc) is 2.61. The van der Waals surface area contributed by atoms with Crippen LogP contribution in [0, 0.1) is 6.92 Å². The lowest BCUT2D eigenvalue weighted by Gasteiger charge is -2.11. The number of halogens is 1. The van der Waals surface area contributed by atoms with E-state index in [4.69, 9.17) is 0 Å². The molecule has 1 aromatic rings. The van der Waals surface area contributed by atoms with E-state index in [-0.39, 0.29) is 0 Å². The van der Waals surface area contributed by atoms with Gasteiger partial charge in [-0.3, -0.25) is 0 Å². The van der Waals surface area contributed by atoms with Crippen LogP contribution in [-0.2, 0) is 11.3 Å². The second kappa shape index (κ2) is 2.57. The van der Waals surface area contributed by atoms with Gasteiger partial charge in [0.1, 0.15) is 17.1 Å². The molecular formula is C10H15FN2O. The number of alkyl halides is 1. The molecule has 0 bridgehead atoms. The second-order valence-corrected chi connectivity index (χ2v) is 4.56. The Morgan fingerprint density at radius 3 is 2.43 bits per heavy atom. The molecule has 3 nitrogen and oxygen atoms in total. The van der Waals surface area contributed by atoms with Crippen LogP contribution in [0.4, 0.5) is 4.39 Å². The lowest BCUT2D eigenvalue weighted by Crippen LogP contribution is -2.12. The van der Waals surface area contributed by atoms with Crippen LogP contribution in [0.2, 0.25) is 0 Å². The lowest BCUT2D eigenvalue weighted by atomic mass is 10.1. The van der Waals surface area contributed by atoms with Gasteiger partial charge < -0.3 is 10.1 Å². The van der Waals surface area contributed by atoms with Crippen molar-refractivity contribution in [2.75, 3.05) is 0 Å². The molecule has 0 unspecified atom stereocenters. The molecule has 78 valence electrons. The number of hydrogen-bond donors (Lipinski definition) is 2. The normalized spacial score (nSPS) is 19.8. The second-order valence-electron chi connectivity index (χ2n) is 4.56. The fourth-order valence-corrected chi connectivity index (χ4v) is 1.61. The number of imidazole rings is 1. The van der Waals surface area contributed by atoms with Crippen LogP contribution in [0.3, 0.4) is 0 Å². The number of aliphatic hydroxyl groups is 1. The first-order chi connectivity index (χ1) is 6.33. The molecule has 1 aliphatic rings. The topological polar surface area (TPSA) is 48.9 Å². The van der Waals surface area contributed by atoms with Gasteiger partial charge in [0.05, 0.1) is 5.69 Å².